The van der Waals surface area contributed by atoms with Crippen molar-refractivity contribution in [1.29, 1.82) is 0 Å². The van der Waals surface area contributed by atoms with E-state index in [0.29, 0.717) is 0 Å². The molecule has 0 atom stereocenters. The summed E-state index contributed by atoms with van der Waals surface area (Å²) in [4.78, 5) is 11.0. The van der Waals surface area contributed by atoms with Crippen molar-refractivity contribution >= 4 is 16.6 Å². The Morgan fingerprint density at radius 1 is 0.923 bits per heavy atom. The van der Waals surface area contributed by atoms with Gasteiger partial charge < -0.3 is 9.47 Å². The highest BCUT2D eigenvalue weighted by Gasteiger charge is 2.22. The van der Waals surface area contributed by atoms with Crippen molar-refractivity contribution < 1.29 is 0 Å². The molecule has 6 nitrogen and oxygen atoms in total. The Labute approximate surface area is 151 Å². The molecule has 6 heteroatoms. The van der Waals surface area contributed by atoms with Crippen molar-refractivity contribution in [1.82, 2.24) is 24.7 Å². The monoisotopic (exact) mass is 342 g/mol. The molecule has 0 spiro atoms. The molecule has 0 amide bonds. The first-order chi connectivity index (χ1) is 12.9. The van der Waals surface area contributed by atoms with Gasteiger partial charge in [0.05, 0.1) is 12.1 Å². The third kappa shape index (κ3) is 2.60. The van der Waals surface area contributed by atoms with Crippen LogP contribution in [0.15, 0.2) is 61.1 Å². The second kappa shape index (κ2) is 6.22. The maximum Gasteiger partial charge on any atom is 0.152 e. The smallest absolute Gasteiger partial charge is 0.152 e. The van der Waals surface area contributed by atoms with Crippen molar-refractivity contribution in [3.05, 3.63) is 78.3 Å². The number of hydrogen-bond donors (Lipinski definition) is 0. The SMILES string of the molecule is c1ccc(Cc2nnc3n2CCN(c2ccnc4ccncc24)C3)cc1. The summed E-state index contributed by atoms with van der Waals surface area (Å²) in [6.07, 6.45) is 6.34. The van der Waals surface area contributed by atoms with Gasteiger partial charge in [0.2, 0.25) is 0 Å². The van der Waals surface area contributed by atoms with Gasteiger partial charge in [0.25, 0.3) is 0 Å². The van der Waals surface area contributed by atoms with Crippen LogP contribution in [0.1, 0.15) is 17.2 Å². The summed E-state index contributed by atoms with van der Waals surface area (Å²) in [5, 5.41) is 9.97. The summed E-state index contributed by atoms with van der Waals surface area (Å²) >= 11 is 0. The fraction of sp³-hybridized carbons (Fsp3) is 0.200. The van der Waals surface area contributed by atoms with Crippen LogP contribution < -0.4 is 4.90 Å². The quantitative estimate of drug-likeness (QED) is 0.573. The number of fused-ring (bicyclic) bond motifs is 2. The van der Waals surface area contributed by atoms with Crippen LogP contribution >= 0.6 is 0 Å². The highest BCUT2D eigenvalue weighted by Crippen LogP contribution is 2.27. The van der Waals surface area contributed by atoms with E-state index in [2.05, 4.69) is 60.0 Å². The molecule has 1 aliphatic heterocycles. The summed E-state index contributed by atoms with van der Waals surface area (Å²) < 4.78 is 2.26. The van der Waals surface area contributed by atoms with Gasteiger partial charge in [-0.15, -0.1) is 10.2 Å². The largest absolute Gasteiger partial charge is 0.362 e. The van der Waals surface area contributed by atoms with Crippen molar-refractivity contribution in [3.8, 4) is 0 Å². The first-order valence-electron chi connectivity index (χ1n) is 8.77. The lowest BCUT2D eigenvalue weighted by Crippen LogP contribution is -2.34. The third-order valence-electron chi connectivity index (χ3n) is 4.90. The molecule has 4 aromatic rings. The Bertz CT molecular complexity index is 1050. The average Bonchev–Trinajstić information content (AvgIpc) is 3.10. The van der Waals surface area contributed by atoms with E-state index in [1.807, 2.05) is 24.5 Å². The first kappa shape index (κ1) is 15.0. The highest BCUT2D eigenvalue weighted by atomic mass is 15.3. The molecular weight excluding hydrogens is 324 g/mol. The minimum absolute atomic E-state index is 0.746. The van der Waals surface area contributed by atoms with Gasteiger partial charge in [-0.05, 0) is 17.7 Å². The summed E-state index contributed by atoms with van der Waals surface area (Å²) in [6.45, 7) is 2.55. The predicted molar refractivity (Wildman–Crippen MR) is 99.9 cm³/mol. The molecule has 1 aromatic carbocycles. The molecular formula is C20H18N6. The molecule has 5 rings (SSSR count). The van der Waals surface area contributed by atoms with Crippen LogP contribution in [0, 0.1) is 0 Å². The van der Waals surface area contributed by atoms with Crippen molar-refractivity contribution in [3.63, 3.8) is 0 Å². The maximum absolute atomic E-state index is 4.45. The van der Waals surface area contributed by atoms with Gasteiger partial charge in [-0.1, -0.05) is 30.3 Å². The molecule has 0 bridgehead atoms. The number of hydrogen-bond acceptors (Lipinski definition) is 5. The Balaban J connectivity index is 1.44. The standard InChI is InChI=1S/C20H18N6/c1-2-4-15(5-3-1)12-19-23-24-20-14-25(10-11-26(19)20)18-7-9-22-17-6-8-21-13-16(17)18/h1-9,13H,10-12,14H2. The summed E-state index contributed by atoms with van der Waals surface area (Å²) in [5.74, 6) is 2.04. The lowest BCUT2D eigenvalue weighted by atomic mass is 10.1. The normalized spacial score (nSPS) is 13.8. The van der Waals surface area contributed by atoms with Crippen molar-refractivity contribution in [2.75, 3.05) is 11.4 Å². The van der Waals surface area contributed by atoms with Gasteiger partial charge in [0.1, 0.15) is 5.82 Å². The van der Waals surface area contributed by atoms with Gasteiger partial charge in [0, 0.05) is 49.2 Å². The second-order valence-corrected chi connectivity index (χ2v) is 6.49. The molecule has 0 saturated carbocycles. The van der Waals surface area contributed by atoms with Crippen molar-refractivity contribution in [2.24, 2.45) is 0 Å². The lowest BCUT2D eigenvalue weighted by molar-refractivity contribution is 0.547. The lowest BCUT2D eigenvalue weighted by Gasteiger charge is -2.30. The Hall–Kier alpha value is -3.28. The fourth-order valence-corrected chi connectivity index (χ4v) is 3.58. The summed E-state index contributed by atoms with van der Waals surface area (Å²) in [6, 6.07) is 14.4. The number of rotatable bonds is 3. The van der Waals surface area contributed by atoms with Gasteiger partial charge >= 0.3 is 0 Å². The fourth-order valence-electron chi connectivity index (χ4n) is 3.58. The molecule has 0 saturated heterocycles. The molecule has 0 aliphatic carbocycles. The van der Waals surface area contributed by atoms with E-state index in [-0.39, 0.29) is 0 Å². The Morgan fingerprint density at radius 3 is 2.77 bits per heavy atom. The van der Waals surface area contributed by atoms with Gasteiger partial charge in [-0.3, -0.25) is 9.97 Å². The van der Waals surface area contributed by atoms with Crippen LogP contribution in [0.3, 0.4) is 0 Å². The third-order valence-corrected chi connectivity index (χ3v) is 4.90. The van der Waals surface area contributed by atoms with Crippen LogP contribution in [0.5, 0.6) is 0 Å². The number of pyridine rings is 2. The Kier molecular flexibility index (Phi) is 3.59. The molecule has 128 valence electrons. The van der Waals surface area contributed by atoms with Gasteiger partial charge in [-0.2, -0.15) is 0 Å². The number of anilines is 1. The second-order valence-electron chi connectivity index (χ2n) is 6.49. The Morgan fingerprint density at radius 2 is 1.85 bits per heavy atom. The average molecular weight is 342 g/mol. The van der Waals surface area contributed by atoms with E-state index >= 15 is 0 Å². The maximum atomic E-state index is 4.45. The molecule has 3 aromatic heterocycles. The topological polar surface area (TPSA) is 59.7 Å². The summed E-state index contributed by atoms with van der Waals surface area (Å²) in [7, 11) is 0. The predicted octanol–water partition coefficient (Wildman–Crippen LogP) is 2.83. The number of nitrogens with zero attached hydrogens (tertiary/aromatic N) is 6. The zero-order chi connectivity index (χ0) is 17.3. The van der Waals surface area contributed by atoms with E-state index < -0.39 is 0 Å². The minimum Gasteiger partial charge on any atom is -0.362 e. The molecule has 0 fully saturated rings. The van der Waals surface area contributed by atoms with E-state index in [1.165, 1.54) is 5.56 Å². The molecule has 0 N–H and O–H groups in total. The van der Waals surface area contributed by atoms with Crippen LogP contribution in [-0.4, -0.2) is 31.3 Å². The summed E-state index contributed by atoms with van der Waals surface area (Å²) in [5.41, 5.74) is 3.38. The van der Waals surface area contributed by atoms with Crippen LogP contribution in [0.2, 0.25) is 0 Å². The van der Waals surface area contributed by atoms with E-state index in [4.69, 9.17) is 0 Å². The van der Waals surface area contributed by atoms with Gasteiger partial charge in [-0.25, -0.2) is 0 Å². The van der Waals surface area contributed by atoms with Crippen LogP contribution in [0.25, 0.3) is 10.9 Å². The van der Waals surface area contributed by atoms with Crippen molar-refractivity contribution in [2.45, 2.75) is 19.5 Å². The molecule has 1 aliphatic rings. The zero-order valence-electron chi connectivity index (χ0n) is 14.3. The van der Waals surface area contributed by atoms with Gasteiger partial charge in [0.15, 0.2) is 5.82 Å². The van der Waals surface area contributed by atoms with E-state index in [0.717, 1.165) is 54.3 Å². The van der Waals surface area contributed by atoms with E-state index in [1.54, 1.807) is 6.20 Å². The van der Waals surface area contributed by atoms with Crippen LogP contribution in [-0.2, 0) is 19.5 Å². The first-order valence-corrected chi connectivity index (χ1v) is 8.77. The number of benzene rings is 1. The minimum atomic E-state index is 0.746. The zero-order valence-corrected chi connectivity index (χ0v) is 14.3. The molecule has 4 heterocycles. The molecule has 0 radical (unpaired) electrons. The molecule has 0 unspecified atom stereocenters. The van der Waals surface area contributed by atoms with Crippen LogP contribution in [0.4, 0.5) is 5.69 Å². The molecule has 26 heavy (non-hydrogen) atoms. The number of aromatic nitrogens is 5. The highest BCUT2D eigenvalue weighted by molar-refractivity contribution is 5.90. The van der Waals surface area contributed by atoms with E-state index in [9.17, 15) is 0 Å².